The molecule has 1 aromatic heterocycles. The number of thiophene rings is 1. The smallest absolute Gasteiger partial charge is 0.238 e. The van der Waals surface area contributed by atoms with Crippen molar-refractivity contribution in [1.29, 1.82) is 5.26 Å². The van der Waals surface area contributed by atoms with Crippen LogP contribution >= 0.6 is 11.3 Å². The molecule has 27 heavy (non-hydrogen) atoms. The summed E-state index contributed by atoms with van der Waals surface area (Å²) >= 11 is 1.48. The number of halogens is 2. The third kappa shape index (κ3) is 4.34. The second-order valence-corrected chi connectivity index (χ2v) is 8.10. The number of fused-ring (bicyclic) bond motifs is 1. The second-order valence-electron chi connectivity index (χ2n) is 6.99. The van der Waals surface area contributed by atoms with Gasteiger partial charge in [0.2, 0.25) is 5.91 Å². The lowest BCUT2D eigenvalue weighted by Gasteiger charge is -2.17. The van der Waals surface area contributed by atoms with Gasteiger partial charge >= 0.3 is 0 Å². The van der Waals surface area contributed by atoms with Gasteiger partial charge in [-0.3, -0.25) is 4.79 Å². The number of amides is 1. The monoisotopic (exact) mass is 389 g/mol. The average molecular weight is 389 g/mol. The summed E-state index contributed by atoms with van der Waals surface area (Å²) in [7, 11) is 0. The third-order valence-corrected chi connectivity index (χ3v) is 6.06. The molecule has 2 N–H and O–H groups in total. The molecule has 0 unspecified atom stereocenters. The number of nitrogens with zero attached hydrogens (tertiary/aromatic N) is 1. The quantitative estimate of drug-likeness (QED) is 0.801. The minimum atomic E-state index is -0.914. The Balaban J connectivity index is 1.63. The number of nitriles is 1. The van der Waals surface area contributed by atoms with Crippen molar-refractivity contribution in [2.24, 2.45) is 5.92 Å². The fraction of sp³-hybridized carbons (Fsp3) is 0.400. The van der Waals surface area contributed by atoms with Crippen molar-refractivity contribution < 1.29 is 13.6 Å². The molecule has 0 radical (unpaired) electrons. The molecule has 0 spiro atoms. The maximum absolute atomic E-state index is 13.3. The number of carbonyl (C=O) groups excluding carboxylic acids is 1. The van der Waals surface area contributed by atoms with E-state index in [9.17, 15) is 18.8 Å². The summed E-state index contributed by atoms with van der Waals surface area (Å²) in [4.78, 5) is 13.5. The van der Waals surface area contributed by atoms with Crippen LogP contribution in [0.15, 0.2) is 18.2 Å². The minimum Gasteiger partial charge on any atom is -0.315 e. The first kappa shape index (κ1) is 19.5. The van der Waals surface area contributed by atoms with Crippen LogP contribution in [0.5, 0.6) is 0 Å². The fourth-order valence-electron chi connectivity index (χ4n) is 3.27. The van der Waals surface area contributed by atoms with E-state index in [-0.39, 0.29) is 18.5 Å². The van der Waals surface area contributed by atoms with Crippen molar-refractivity contribution in [2.45, 2.75) is 39.2 Å². The summed E-state index contributed by atoms with van der Waals surface area (Å²) in [5, 5.41) is 15.9. The third-order valence-electron chi connectivity index (χ3n) is 4.89. The fourth-order valence-corrected chi connectivity index (χ4v) is 4.65. The average Bonchev–Trinajstić information content (AvgIpc) is 2.97. The number of nitrogens with one attached hydrogen (secondary N) is 2. The van der Waals surface area contributed by atoms with E-state index in [0.29, 0.717) is 22.0 Å². The first-order chi connectivity index (χ1) is 12.9. The van der Waals surface area contributed by atoms with Crippen LogP contribution in [0.25, 0.3) is 0 Å². The first-order valence-electron chi connectivity index (χ1n) is 8.91. The summed E-state index contributed by atoms with van der Waals surface area (Å²) in [6, 6.07) is 5.57. The molecular weight excluding hydrogens is 368 g/mol. The molecule has 4 nitrogen and oxygen atoms in total. The van der Waals surface area contributed by atoms with Crippen molar-refractivity contribution >= 4 is 22.2 Å². The Labute approximate surface area is 161 Å². The number of hydrogen-bond donors (Lipinski definition) is 2. The first-order valence-corrected chi connectivity index (χ1v) is 9.73. The van der Waals surface area contributed by atoms with Gasteiger partial charge in [-0.1, -0.05) is 13.0 Å². The summed E-state index contributed by atoms with van der Waals surface area (Å²) < 4.78 is 26.4. The van der Waals surface area contributed by atoms with Crippen LogP contribution in [-0.2, 0) is 17.6 Å². The van der Waals surface area contributed by atoms with Crippen LogP contribution in [-0.4, -0.2) is 12.5 Å². The Morgan fingerprint density at radius 2 is 2.19 bits per heavy atom. The van der Waals surface area contributed by atoms with Gasteiger partial charge in [-0.05, 0) is 55.4 Å². The minimum absolute atomic E-state index is 0.00397. The van der Waals surface area contributed by atoms with Crippen molar-refractivity contribution in [1.82, 2.24) is 5.32 Å². The zero-order chi connectivity index (χ0) is 19.6. The van der Waals surface area contributed by atoms with Crippen molar-refractivity contribution in [3.8, 4) is 6.07 Å². The topological polar surface area (TPSA) is 64.9 Å². The second kappa shape index (κ2) is 8.15. The molecule has 0 saturated carbocycles. The number of rotatable bonds is 5. The van der Waals surface area contributed by atoms with Crippen molar-refractivity contribution in [2.75, 3.05) is 11.9 Å². The normalized spacial score (nSPS) is 17.1. The van der Waals surface area contributed by atoms with Gasteiger partial charge in [0.15, 0.2) is 11.6 Å². The zero-order valence-corrected chi connectivity index (χ0v) is 16.1. The Kier molecular flexibility index (Phi) is 5.88. The molecular formula is C20H21F2N3OS. The predicted octanol–water partition coefficient (Wildman–Crippen LogP) is 4.31. The van der Waals surface area contributed by atoms with E-state index in [0.717, 1.165) is 37.0 Å². The van der Waals surface area contributed by atoms with Gasteiger partial charge < -0.3 is 10.6 Å². The van der Waals surface area contributed by atoms with Crippen LogP contribution in [0.4, 0.5) is 13.8 Å². The molecule has 1 amide bonds. The molecule has 0 saturated heterocycles. The predicted molar refractivity (Wildman–Crippen MR) is 102 cm³/mol. The molecule has 0 aliphatic heterocycles. The SMILES string of the molecule is C[C@@H]1CCc2c(sc(NC(=O)CN[C@@H](C)c3ccc(F)c(F)c3)c2C#N)C1. The number of benzene rings is 1. The van der Waals surface area contributed by atoms with Gasteiger partial charge in [-0.15, -0.1) is 11.3 Å². The Morgan fingerprint density at radius 3 is 2.89 bits per heavy atom. The molecule has 2 aromatic rings. The molecule has 1 aliphatic carbocycles. The van der Waals surface area contributed by atoms with Gasteiger partial charge in [0.1, 0.15) is 11.1 Å². The van der Waals surface area contributed by atoms with E-state index in [1.807, 2.05) is 0 Å². The highest BCUT2D eigenvalue weighted by molar-refractivity contribution is 7.16. The summed E-state index contributed by atoms with van der Waals surface area (Å²) in [6.07, 6.45) is 2.87. The highest BCUT2D eigenvalue weighted by Gasteiger charge is 2.24. The van der Waals surface area contributed by atoms with E-state index in [1.54, 1.807) is 6.92 Å². The lowest BCUT2D eigenvalue weighted by atomic mass is 9.89. The summed E-state index contributed by atoms with van der Waals surface area (Å²) in [5.41, 5.74) is 2.20. The van der Waals surface area contributed by atoms with Crippen LogP contribution in [0.3, 0.4) is 0 Å². The number of anilines is 1. The molecule has 2 atom stereocenters. The van der Waals surface area contributed by atoms with Crippen LogP contribution in [0, 0.1) is 28.9 Å². The Bertz CT molecular complexity index is 903. The van der Waals surface area contributed by atoms with Crippen LogP contribution < -0.4 is 10.6 Å². The zero-order valence-electron chi connectivity index (χ0n) is 15.2. The molecule has 0 bridgehead atoms. The van der Waals surface area contributed by atoms with E-state index >= 15 is 0 Å². The molecule has 1 aliphatic rings. The van der Waals surface area contributed by atoms with E-state index in [4.69, 9.17) is 0 Å². The van der Waals surface area contributed by atoms with E-state index < -0.39 is 11.6 Å². The van der Waals surface area contributed by atoms with Crippen LogP contribution in [0.1, 0.15) is 47.9 Å². The number of hydrogen-bond acceptors (Lipinski definition) is 4. The maximum atomic E-state index is 13.3. The van der Waals surface area contributed by atoms with Crippen molar-refractivity contribution in [3.05, 3.63) is 51.4 Å². The van der Waals surface area contributed by atoms with E-state index in [2.05, 4.69) is 23.6 Å². The molecule has 3 rings (SSSR count). The highest BCUT2D eigenvalue weighted by atomic mass is 32.1. The standard InChI is InChI=1S/C20H21F2N3OS/c1-11-3-5-14-15(9-23)20(27-18(14)7-11)25-19(26)10-24-12(2)13-4-6-16(21)17(22)8-13/h4,6,8,11-12,24H,3,5,7,10H2,1-2H3,(H,25,26)/t11-,12+/m1/s1. The summed E-state index contributed by atoms with van der Waals surface area (Å²) in [6.45, 7) is 3.96. The molecule has 7 heteroatoms. The lowest BCUT2D eigenvalue weighted by molar-refractivity contribution is -0.115. The van der Waals surface area contributed by atoms with Crippen LogP contribution in [0.2, 0.25) is 0 Å². The maximum Gasteiger partial charge on any atom is 0.238 e. The molecule has 1 aromatic carbocycles. The van der Waals surface area contributed by atoms with Gasteiger partial charge in [-0.25, -0.2) is 8.78 Å². The Morgan fingerprint density at radius 1 is 1.41 bits per heavy atom. The molecule has 0 fully saturated rings. The Hall–Kier alpha value is -2.30. The van der Waals surface area contributed by atoms with Gasteiger partial charge in [-0.2, -0.15) is 5.26 Å². The lowest BCUT2D eigenvalue weighted by Crippen LogP contribution is -2.30. The molecule has 142 valence electrons. The van der Waals surface area contributed by atoms with Gasteiger partial charge in [0.25, 0.3) is 0 Å². The number of carbonyl (C=O) groups is 1. The largest absolute Gasteiger partial charge is 0.315 e. The highest BCUT2D eigenvalue weighted by Crippen LogP contribution is 2.39. The molecule has 1 heterocycles. The van der Waals surface area contributed by atoms with E-state index in [1.165, 1.54) is 22.3 Å². The van der Waals surface area contributed by atoms with Crippen molar-refractivity contribution in [3.63, 3.8) is 0 Å². The van der Waals surface area contributed by atoms with Gasteiger partial charge in [0.05, 0.1) is 12.1 Å². The summed E-state index contributed by atoms with van der Waals surface area (Å²) in [5.74, 6) is -1.50. The van der Waals surface area contributed by atoms with Gasteiger partial charge in [0, 0.05) is 10.9 Å².